The van der Waals surface area contributed by atoms with Gasteiger partial charge in [-0.05, 0) is 66.6 Å². The smallest absolute Gasteiger partial charge is 0.416 e. The maximum Gasteiger partial charge on any atom is 0.416 e. The van der Waals surface area contributed by atoms with Crippen LogP contribution < -0.4 is 15.4 Å². The molecule has 2 amide bonds. The number of nitrogens with zero attached hydrogens (tertiary/aromatic N) is 2. The predicted molar refractivity (Wildman–Crippen MR) is 154 cm³/mol. The molecule has 218 valence electrons. The van der Waals surface area contributed by atoms with Crippen molar-refractivity contribution in [2.75, 3.05) is 43.4 Å². The summed E-state index contributed by atoms with van der Waals surface area (Å²) >= 11 is 0. The van der Waals surface area contributed by atoms with Gasteiger partial charge in [-0.25, -0.2) is 0 Å². The first kappa shape index (κ1) is 30.4. The first-order valence-electron chi connectivity index (χ1n) is 13.3. The second-order valence-electron chi connectivity index (χ2n) is 10.2. The van der Waals surface area contributed by atoms with Gasteiger partial charge in [0.1, 0.15) is 11.5 Å². The first-order chi connectivity index (χ1) is 19.1. The number of alkyl halides is 3. The second kappa shape index (κ2) is 12.5. The molecular formula is C30H32ClF3N4O3. The Labute approximate surface area is 243 Å². The largest absolute Gasteiger partial charge is 0.457 e. The van der Waals surface area contributed by atoms with E-state index in [4.69, 9.17) is 4.74 Å². The summed E-state index contributed by atoms with van der Waals surface area (Å²) in [6.07, 6.45) is -4.31. The van der Waals surface area contributed by atoms with E-state index in [1.807, 2.05) is 11.8 Å². The Morgan fingerprint density at radius 2 is 1.73 bits per heavy atom. The maximum atomic E-state index is 14.0. The van der Waals surface area contributed by atoms with Crippen molar-refractivity contribution in [1.82, 2.24) is 9.80 Å². The molecule has 1 fully saturated rings. The van der Waals surface area contributed by atoms with Crippen LogP contribution in [0.1, 0.15) is 39.5 Å². The summed E-state index contributed by atoms with van der Waals surface area (Å²) in [5, 5.41) is 5.46. The molecule has 7 nitrogen and oxygen atoms in total. The van der Waals surface area contributed by atoms with Crippen molar-refractivity contribution in [2.24, 2.45) is 0 Å². The quantitative estimate of drug-likeness (QED) is 0.348. The van der Waals surface area contributed by atoms with Gasteiger partial charge in [-0.15, -0.1) is 12.4 Å². The fourth-order valence-electron chi connectivity index (χ4n) is 5.01. The van der Waals surface area contributed by atoms with Gasteiger partial charge in [0.2, 0.25) is 5.91 Å². The van der Waals surface area contributed by atoms with Crippen LogP contribution in [-0.2, 0) is 23.9 Å². The summed E-state index contributed by atoms with van der Waals surface area (Å²) in [7, 11) is 0. The molecule has 3 aromatic carbocycles. The van der Waals surface area contributed by atoms with Gasteiger partial charge in [0, 0.05) is 55.7 Å². The zero-order chi connectivity index (χ0) is 28.4. The summed E-state index contributed by atoms with van der Waals surface area (Å²) in [6.45, 7) is 8.07. The van der Waals surface area contributed by atoms with Gasteiger partial charge in [0.25, 0.3) is 5.91 Å². The number of halogens is 4. The molecule has 0 radical (unpaired) electrons. The van der Waals surface area contributed by atoms with Crippen LogP contribution in [0.15, 0.2) is 54.6 Å². The lowest BCUT2D eigenvalue weighted by Crippen LogP contribution is -2.45. The summed E-state index contributed by atoms with van der Waals surface area (Å²) in [5.74, 6) is 0.281. The molecule has 1 saturated heterocycles. The van der Waals surface area contributed by atoms with Gasteiger partial charge in [0.15, 0.2) is 0 Å². The standard InChI is InChI=1S/C30H31F3N4O3.ClH/c1-3-36-10-12-37(13-11-36)18-21-6-5-20(15-25(21)30(31,32)33)29(39)34-23-7-4-19(2)27(17-23)40-24-8-9-26-22(14-24)16-28(38)35-26;/h4-9,14-15,17H,3,10-13,16,18H2,1-2H3,(H,34,39)(H,35,38);1H. The Balaban J connectivity index is 0.00000387. The number of aryl methyl sites for hydroxylation is 1. The molecule has 5 rings (SSSR count). The Bertz CT molecular complexity index is 1440. The van der Waals surface area contributed by atoms with Crippen molar-refractivity contribution in [2.45, 2.75) is 33.0 Å². The van der Waals surface area contributed by atoms with E-state index in [9.17, 15) is 22.8 Å². The van der Waals surface area contributed by atoms with Gasteiger partial charge >= 0.3 is 6.18 Å². The summed E-state index contributed by atoms with van der Waals surface area (Å²) in [5.41, 5.74) is 2.05. The molecule has 2 heterocycles. The minimum atomic E-state index is -4.59. The van der Waals surface area contributed by atoms with E-state index in [1.54, 1.807) is 36.4 Å². The summed E-state index contributed by atoms with van der Waals surface area (Å²) in [4.78, 5) is 28.9. The molecule has 0 atom stereocenters. The molecule has 41 heavy (non-hydrogen) atoms. The number of piperazine rings is 1. The molecule has 11 heteroatoms. The molecule has 2 aliphatic heterocycles. The molecule has 2 N–H and O–H groups in total. The average molecular weight is 589 g/mol. The Hall–Kier alpha value is -3.60. The van der Waals surface area contributed by atoms with Crippen LogP contribution in [0.25, 0.3) is 0 Å². The van der Waals surface area contributed by atoms with Crippen molar-refractivity contribution in [3.05, 3.63) is 82.4 Å². The van der Waals surface area contributed by atoms with Crippen LogP contribution in [0.2, 0.25) is 0 Å². The van der Waals surface area contributed by atoms with E-state index >= 15 is 0 Å². The molecule has 0 bridgehead atoms. The normalized spacial score (nSPS) is 15.6. The van der Waals surface area contributed by atoms with Gasteiger partial charge < -0.3 is 20.3 Å². The fourth-order valence-corrected chi connectivity index (χ4v) is 5.01. The number of rotatable bonds is 7. The number of hydrogen-bond donors (Lipinski definition) is 2. The lowest BCUT2D eigenvalue weighted by molar-refractivity contribution is -0.138. The summed E-state index contributed by atoms with van der Waals surface area (Å²) in [6, 6.07) is 14.1. The minimum absolute atomic E-state index is 0. The number of carbonyl (C=O) groups excluding carboxylic acids is 2. The van der Waals surface area contributed by atoms with E-state index in [-0.39, 0.29) is 42.4 Å². The highest BCUT2D eigenvalue weighted by molar-refractivity contribution is 6.04. The van der Waals surface area contributed by atoms with Crippen molar-refractivity contribution in [3.8, 4) is 11.5 Å². The van der Waals surface area contributed by atoms with Crippen LogP contribution in [0.3, 0.4) is 0 Å². The zero-order valence-corrected chi connectivity index (χ0v) is 23.6. The van der Waals surface area contributed by atoms with E-state index in [2.05, 4.69) is 22.5 Å². The molecule has 0 saturated carbocycles. The zero-order valence-electron chi connectivity index (χ0n) is 22.8. The third-order valence-corrected chi connectivity index (χ3v) is 7.36. The van der Waals surface area contributed by atoms with Crippen LogP contribution >= 0.6 is 12.4 Å². The topological polar surface area (TPSA) is 73.9 Å². The van der Waals surface area contributed by atoms with E-state index in [0.717, 1.165) is 42.5 Å². The minimum Gasteiger partial charge on any atom is -0.457 e. The predicted octanol–water partition coefficient (Wildman–Crippen LogP) is 6.11. The van der Waals surface area contributed by atoms with Crippen LogP contribution in [0, 0.1) is 6.92 Å². The number of anilines is 2. The van der Waals surface area contributed by atoms with Crippen molar-refractivity contribution in [3.63, 3.8) is 0 Å². The molecular weight excluding hydrogens is 557 g/mol. The molecule has 0 spiro atoms. The van der Waals surface area contributed by atoms with E-state index in [0.29, 0.717) is 30.3 Å². The van der Waals surface area contributed by atoms with Crippen LogP contribution in [0.5, 0.6) is 11.5 Å². The van der Waals surface area contributed by atoms with Gasteiger partial charge in [0.05, 0.1) is 12.0 Å². The van der Waals surface area contributed by atoms with Gasteiger partial charge in [-0.3, -0.25) is 14.5 Å². The third kappa shape index (κ3) is 7.19. The molecule has 0 aliphatic carbocycles. The lowest BCUT2D eigenvalue weighted by atomic mass is 10.0. The highest BCUT2D eigenvalue weighted by Crippen LogP contribution is 2.35. The van der Waals surface area contributed by atoms with Crippen molar-refractivity contribution in [1.29, 1.82) is 0 Å². The Morgan fingerprint density at radius 3 is 2.44 bits per heavy atom. The molecule has 0 unspecified atom stereocenters. The first-order valence-corrected chi connectivity index (χ1v) is 13.3. The number of benzene rings is 3. The van der Waals surface area contributed by atoms with Crippen molar-refractivity contribution < 1.29 is 27.5 Å². The Kier molecular flexibility index (Phi) is 9.26. The van der Waals surface area contributed by atoms with Crippen LogP contribution in [0.4, 0.5) is 24.5 Å². The second-order valence-corrected chi connectivity index (χ2v) is 10.2. The van der Waals surface area contributed by atoms with E-state index in [1.165, 1.54) is 12.1 Å². The third-order valence-electron chi connectivity index (χ3n) is 7.36. The highest BCUT2D eigenvalue weighted by atomic mass is 35.5. The number of ether oxygens (including phenoxy) is 1. The van der Waals surface area contributed by atoms with Crippen molar-refractivity contribution >= 4 is 35.6 Å². The molecule has 3 aromatic rings. The number of hydrogen-bond acceptors (Lipinski definition) is 5. The number of carbonyl (C=O) groups is 2. The van der Waals surface area contributed by atoms with E-state index < -0.39 is 17.6 Å². The number of nitrogens with one attached hydrogen (secondary N) is 2. The molecule has 0 aromatic heterocycles. The summed E-state index contributed by atoms with van der Waals surface area (Å²) < 4.78 is 48.0. The van der Waals surface area contributed by atoms with Gasteiger partial charge in [-0.2, -0.15) is 13.2 Å². The fraction of sp³-hybridized carbons (Fsp3) is 0.333. The lowest BCUT2D eigenvalue weighted by Gasteiger charge is -2.34. The SMILES string of the molecule is CCN1CCN(Cc2ccc(C(=O)Nc3ccc(C)c(Oc4ccc5c(c4)CC(=O)N5)c3)cc2C(F)(F)F)CC1.Cl. The average Bonchev–Trinajstić information content (AvgIpc) is 3.30. The number of fused-ring (bicyclic) bond motifs is 1. The monoisotopic (exact) mass is 588 g/mol. The number of amides is 2. The van der Waals surface area contributed by atoms with Gasteiger partial charge in [-0.1, -0.05) is 19.1 Å². The highest BCUT2D eigenvalue weighted by Gasteiger charge is 2.34. The maximum absolute atomic E-state index is 14.0. The number of likely N-dealkylation sites (N-methyl/N-ethyl adjacent to an activating group) is 1. The Morgan fingerprint density at radius 1 is 1.00 bits per heavy atom. The van der Waals surface area contributed by atoms with Crippen LogP contribution in [-0.4, -0.2) is 54.3 Å². The molecule has 2 aliphatic rings.